The van der Waals surface area contributed by atoms with Gasteiger partial charge in [-0.15, -0.1) is 0 Å². The van der Waals surface area contributed by atoms with Gasteiger partial charge in [-0.1, -0.05) is 6.92 Å². The van der Waals surface area contributed by atoms with Crippen LogP contribution in [0.4, 0.5) is 0 Å². The van der Waals surface area contributed by atoms with Crippen LogP contribution < -0.4 is 4.74 Å². The van der Waals surface area contributed by atoms with Crippen LogP contribution in [0.5, 0.6) is 5.75 Å². The summed E-state index contributed by atoms with van der Waals surface area (Å²) in [6, 6.07) is 4.31. The fourth-order valence-corrected chi connectivity index (χ4v) is 3.52. The summed E-state index contributed by atoms with van der Waals surface area (Å²) in [5.74, 6) is 0.999. The van der Waals surface area contributed by atoms with Crippen LogP contribution in [0.15, 0.2) is 18.3 Å². The number of aromatic amines is 1. The number of fused-ring (bicyclic) bond motifs is 1. The lowest BCUT2D eigenvalue weighted by molar-refractivity contribution is 0.00624. The van der Waals surface area contributed by atoms with Gasteiger partial charge in [0.15, 0.2) is 0 Å². The number of piperidine rings is 1. The van der Waals surface area contributed by atoms with E-state index in [2.05, 4.69) is 35.9 Å². The number of hydrogen-bond acceptors (Lipinski definition) is 3. The van der Waals surface area contributed by atoms with Crippen molar-refractivity contribution in [3.8, 4) is 5.75 Å². The molecule has 1 aromatic heterocycles. The van der Waals surface area contributed by atoms with Crippen LogP contribution in [0, 0.1) is 6.92 Å². The van der Waals surface area contributed by atoms with E-state index in [4.69, 9.17) is 9.47 Å². The number of H-pyrrole nitrogens is 1. The van der Waals surface area contributed by atoms with Crippen LogP contribution in [-0.2, 0) is 11.3 Å². The maximum absolute atomic E-state index is 5.89. The number of ether oxygens (including phenoxy) is 2. The highest BCUT2D eigenvalue weighted by molar-refractivity contribution is 5.88. The van der Waals surface area contributed by atoms with Gasteiger partial charge in [0, 0.05) is 48.9 Å². The molecule has 0 bridgehead atoms. The second-order valence-corrected chi connectivity index (χ2v) is 6.49. The number of aromatic nitrogens is 1. The topological polar surface area (TPSA) is 37.5 Å². The molecular formula is C19H28N2O2. The summed E-state index contributed by atoms with van der Waals surface area (Å²) in [5.41, 5.74) is 3.75. The molecule has 1 aromatic carbocycles. The molecule has 3 rings (SSSR count). The molecule has 0 aliphatic carbocycles. The van der Waals surface area contributed by atoms with Crippen molar-refractivity contribution in [2.24, 2.45) is 0 Å². The first kappa shape index (κ1) is 16.3. The third-order valence-corrected chi connectivity index (χ3v) is 4.81. The lowest BCUT2D eigenvalue weighted by Crippen LogP contribution is -2.36. The average Bonchev–Trinajstić information content (AvgIpc) is 3.07. The van der Waals surface area contributed by atoms with Crippen molar-refractivity contribution in [2.75, 3.05) is 26.8 Å². The van der Waals surface area contributed by atoms with E-state index < -0.39 is 0 Å². The minimum Gasteiger partial charge on any atom is -0.496 e. The lowest BCUT2D eigenvalue weighted by Gasteiger charge is -2.32. The maximum Gasteiger partial charge on any atom is 0.124 e. The van der Waals surface area contributed by atoms with E-state index >= 15 is 0 Å². The van der Waals surface area contributed by atoms with Gasteiger partial charge in [0.25, 0.3) is 0 Å². The van der Waals surface area contributed by atoms with Gasteiger partial charge in [-0.25, -0.2) is 0 Å². The molecule has 23 heavy (non-hydrogen) atoms. The number of aryl methyl sites for hydroxylation is 1. The smallest absolute Gasteiger partial charge is 0.124 e. The Morgan fingerprint density at radius 2 is 2.09 bits per heavy atom. The predicted molar refractivity (Wildman–Crippen MR) is 94.1 cm³/mol. The fraction of sp³-hybridized carbons (Fsp3) is 0.579. The first-order valence-electron chi connectivity index (χ1n) is 8.70. The summed E-state index contributed by atoms with van der Waals surface area (Å²) in [5, 5.41) is 1.28. The van der Waals surface area contributed by atoms with E-state index in [0.717, 1.165) is 51.3 Å². The molecule has 0 saturated carbocycles. The standard InChI is InChI=1S/C19H28N2O2/c1-4-11-23-15-6-9-21(10-7-15)13-17-16-5-8-20-19(16)14(2)12-18(17)22-3/h5,8,12,15,20H,4,6-7,9-11,13H2,1-3H3. The van der Waals surface area contributed by atoms with Crippen LogP contribution >= 0.6 is 0 Å². The first-order chi connectivity index (χ1) is 11.2. The van der Waals surface area contributed by atoms with Crippen LogP contribution in [0.3, 0.4) is 0 Å². The van der Waals surface area contributed by atoms with Crippen molar-refractivity contribution in [3.63, 3.8) is 0 Å². The molecule has 1 fully saturated rings. The molecule has 1 N–H and O–H groups in total. The van der Waals surface area contributed by atoms with Gasteiger partial charge in [-0.05, 0) is 43.9 Å². The average molecular weight is 316 g/mol. The van der Waals surface area contributed by atoms with Gasteiger partial charge in [0.2, 0.25) is 0 Å². The molecule has 2 aromatic rings. The number of nitrogens with zero attached hydrogens (tertiary/aromatic N) is 1. The summed E-state index contributed by atoms with van der Waals surface area (Å²) in [6.45, 7) is 8.32. The third-order valence-electron chi connectivity index (χ3n) is 4.81. The Hall–Kier alpha value is -1.52. The number of methoxy groups -OCH3 is 1. The molecule has 1 saturated heterocycles. The molecule has 0 radical (unpaired) electrons. The van der Waals surface area contributed by atoms with Gasteiger partial charge in [-0.2, -0.15) is 0 Å². The van der Waals surface area contributed by atoms with Gasteiger partial charge in [0.1, 0.15) is 5.75 Å². The Morgan fingerprint density at radius 3 is 2.78 bits per heavy atom. The lowest BCUT2D eigenvalue weighted by atomic mass is 10.0. The second-order valence-electron chi connectivity index (χ2n) is 6.49. The molecule has 1 aliphatic heterocycles. The predicted octanol–water partition coefficient (Wildman–Crippen LogP) is 3.88. The second kappa shape index (κ2) is 7.37. The van der Waals surface area contributed by atoms with Gasteiger partial charge in [0.05, 0.1) is 13.2 Å². The minimum absolute atomic E-state index is 0.443. The Bertz CT molecular complexity index is 642. The first-order valence-corrected chi connectivity index (χ1v) is 8.70. The van der Waals surface area contributed by atoms with E-state index in [0.29, 0.717) is 6.10 Å². The van der Waals surface area contributed by atoms with Gasteiger partial charge >= 0.3 is 0 Å². The van der Waals surface area contributed by atoms with Crippen molar-refractivity contribution < 1.29 is 9.47 Å². The van der Waals surface area contributed by atoms with Crippen molar-refractivity contribution in [1.29, 1.82) is 0 Å². The summed E-state index contributed by atoms with van der Waals surface area (Å²) in [6.07, 6.45) is 5.82. The highest BCUT2D eigenvalue weighted by Crippen LogP contribution is 2.32. The molecule has 0 spiro atoms. The molecule has 0 amide bonds. The molecule has 0 atom stereocenters. The largest absolute Gasteiger partial charge is 0.496 e. The molecule has 4 nitrogen and oxygen atoms in total. The minimum atomic E-state index is 0.443. The van der Waals surface area contributed by atoms with Crippen molar-refractivity contribution >= 4 is 10.9 Å². The Kier molecular flexibility index (Phi) is 5.23. The summed E-state index contributed by atoms with van der Waals surface area (Å²) >= 11 is 0. The summed E-state index contributed by atoms with van der Waals surface area (Å²) in [7, 11) is 1.77. The zero-order valence-corrected chi connectivity index (χ0v) is 14.5. The van der Waals surface area contributed by atoms with Crippen LogP contribution in [0.25, 0.3) is 10.9 Å². The summed E-state index contributed by atoms with van der Waals surface area (Å²) < 4.78 is 11.5. The number of hydrogen-bond donors (Lipinski definition) is 1. The van der Waals surface area contributed by atoms with E-state index in [-0.39, 0.29) is 0 Å². The Balaban J connectivity index is 1.72. The normalized spacial score (nSPS) is 17.0. The van der Waals surface area contributed by atoms with Gasteiger partial charge < -0.3 is 14.5 Å². The Labute approximate surface area is 138 Å². The highest BCUT2D eigenvalue weighted by atomic mass is 16.5. The van der Waals surface area contributed by atoms with Crippen molar-refractivity contribution in [2.45, 2.75) is 45.8 Å². The molecule has 4 heteroatoms. The van der Waals surface area contributed by atoms with E-state index in [1.165, 1.54) is 22.0 Å². The van der Waals surface area contributed by atoms with Gasteiger partial charge in [-0.3, -0.25) is 4.90 Å². The number of likely N-dealkylation sites (tertiary alicyclic amines) is 1. The highest BCUT2D eigenvalue weighted by Gasteiger charge is 2.22. The van der Waals surface area contributed by atoms with Crippen LogP contribution in [0.2, 0.25) is 0 Å². The maximum atomic E-state index is 5.89. The van der Waals surface area contributed by atoms with Crippen molar-refractivity contribution in [3.05, 3.63) is 29.5 Å². The molecule has 1 aliphatic rings. The van der Waals surface area contributed by atoms with Crippen molar-refractivity contribution in [1.82, 2.24) is 9.88 Å². The zero-order chi connectivity index (χ0) is 16.2. The molecule has 0 unspecified atom stereocenters. The van der Waals surface area contributed by atoms with E-state index in [9.17, 15) is 0 Å². The summed E-state index contributed by atoms with van der Waals surface area (Å²) in [4.78, 5) is 5.87. The van der Waals surface area contributed by atoms with E-state index in [1.54, 1.807) is 7.11 Å². The number of rotatable bonds is 6. The fourth-order valence-electron chi connectivity index (χ4n) is 3.52. The van der Waals surface area contributed by atoms with E-state index in [1.807, 2.05) is 6.20 Å². The molecule has 126 valence electrons. The third kappa shape index (κ3) is 3.54. The molecular weight excluding hydrogens is 288 g/mol. The number of benzene rings is 1. The Morgan fingerprint density at radius 1 is 1.30 bits per heavy atom. The zero-order valence-electron chi connectivity index (χ0n) is 14.5. The SMILES string of the molecule is CCCOC1CCN(Cc2c(OC)cc(C)c3[nH]ccc23)CC1. The van der Waals surface area contributed by atoms with Crippen LogP contribution in [0.1, 0.15) is 37.3 Å². The molecule has 2 heterocycles. The van der Waals surface area contributed by atoms with Crippen LogP contribution in [-0.4, -0.2) is 42.8 Å². The monoisotopic (exact) mass is 316 g/mol. The number of nitrogens with one attached hydrogen (secondary N) is 1. The quantitative estimate of drug-likeness (QED) is 0.879.